The molecule has 5 rings (SSSR count). The second kappa shape index (κ2) is 8.37. The van der Waals surface area contributed by atoms with Crippen LogP contribution in [0.25, 0.3) is 0 Å². The predicted octanol–water partition coefficient (Wildman–Crippen LogP) is 4.57. The number of hydrogen-bond acceptors (Lipinski definition) is 5. The molecule has 3 fully saturated rings. The molecule has 2 saturated heterocycles. The van der Waals surface area contributed by atoms with Gasteiger partial charge in [0.15, 0.2) is 0 Å². The molecule has 0 unspecified atom stereocenters. The van der Waals surface area contributed by atoms with Crippen molar-refractivity contribution in [3.8, 4) is 0 Å². The van der Waals surface area contributed by atoms with Crippen molar-refractivity contribution < 1.29 is 21.6 Å². The highest BCUT2D eigenvalue weighted by Crippen LogP contribution is 2.49. The highest BCUT2D eigenvalue weighted by Gasteiger charge is 2.50. The molecule has 1 saturated carbocycles. The summed E-state index contributed by atoms with van der Waals surface area (Å²) in [6.45, 7) is 7.35. The van der Waals surface area contributed by atoms with Crippen LogP contribution in [0.5, 0.6) is 0 Å². The molecule has 6 nitrogen and oxygen atoms in total. The Bertz CT molecular complexity index is 1250. The number of nitrogens with one attached hydrogen (secondary N) is 1. The van der Waals surface area contributed by atoms with E-state index in [1.807, 2.05) is 0 Å². The Balaban J connectivity index is 1.32. The molecule has 3 heterocycles. The summed E-state index contributed by atoms with van der Waals surface area (Å²) < 4.78 is 70.9. The molecule has 35 heavy (non-hydrogen) atoms. The molecule has 190 valence electrons. The Morgan fingerprint density at radius 3 is 2.51 bits per heavy atom. The van der Waals surface area contributed by atoms with Gasteiger partial charge in [-0.05, 0) is 63.8 Å². The van der Waals surface area contributed by atoms with E-state index in [-0.39, 0.29) is 22.4 Å². The number of rotatable bonds is 5. The minimum absolute atomic E-state index is 0.136. The molecule has 1 atom stereocenters. The molecule has 0 radical (unpaired) electrons. The van der Waals surface area contributed by atoms with Crippen molar-refractivity contribution in [1.29, 1.82) is 0 Å². The molecular weight excluding hydrogens is 477 g/mol. The van der Waals surface area contributed by atoms with E-state index in [0.717, 1.165) is 44.8 Å². The summed E-state index contributed by atoms with van der Waals surface area (Å²) in [4.78, 5) is 7.41. The zero-order chi connectivity index (χ0) is 25.2. The zero-order valence-corrected chi connectivity index (χ0v) is 21.1. The molecular formula is C25H31F3N4O2S. The van der Waals surface area contributed by atoms with Crippen molar-refractivity contribution >= 4 is 21.5 Å². The zero-order valence-electron chi connectivity index (χ0n) is 20.2. The third kappa shape index (κ3) is 4.50. The summed E-state index contributed by atoms with van der Waals surface area (Å²) in [6, 6.07) is 5.83. The van der Waals surface area contributed by atoms with E-state index < -0.39 is 32.4 Å². The molecule has 0 bridgehead atoms. The van der Waals surface area contributed by atoms with Crippen LogP contribution < -0.4 is 9.62 Å². The average molecular weight is 509 g/mol. The number of alkyl halides is 1. The van der Waals surface area contributed by atoms with Crippen LogP contribution in [0.4, 0.5) is 24.7 Å². The molecule has 0 amide bonds. The molecule has 2 aliphatic heterocycles. The fraction of sp³-hybridized carbons (Fsp3) is 0.560. The molecule has 1 spiro atoms. The fourth-order valence-electron chi connectivity index (χ4n) is 6.16. The molecule has 10 heteroatoms. The van der Waals surface area contributed by atoms with Gasteiger partial charge in [0.05, 0.1) is 0 Å². The molecule has 1 aromatic heterocycles. The summed E-state index contributed by atoms with van der Waals surface area (Å²) in [5, 5.41) is 0. The second-order valence-corrected chi connectivity index (χ2v) is 12.5. The first-order valence-electron chi connectivity index (χ1n) is 12.0. The van der Waals surface area contributed by atoms with E-state index in [1.165, 1.54) is 12.1 Å². The van der Waals surface area contributed by atoms with Crippen LogP contribution in [-0.2, 0) is 10.0 Å². The van der Waals surface area contributed by atoms with Gasteiger partial charge in [0.1, 0.15) is 22.2 Å². The topological polar surface area (TPSA) is 65.5 Å². The maximum absolute atomic E-state index is 15.5. The first kappa shape index (κ1) is 24.4. The first-order valence-corrected chi connectivity index (χ1v) is 13.5. The Hall–Kier alpha value is -2.33. The van der Waals surface area contributed by atoms with Crippen LogP contribution >= 0.6 is 0 Å². The van der Waals surface area contributed by atoms with E-state index in [2.05, 4.69) is 19.5 Å². The number of nitrogens with zero attached hydrogens (tertiary/aromatic N) is 3. The van der Waals surface area contributed by atoms with E-state index >= 15 is 4.39 Å². The van der Waals surface area contributed by atoms with Crippen LogP contribution in [0, 0.1) is 31.0 Å². The van der Waals surface area contributed by atoms with Crippen LogP contribution in [-0.4, -0.2) is 56.2 Å². The van der Waals surface area contributed by atoms with Crippen molar-refractivity contribution in [2.75, 3.05) is 35.8 Å². The van der Waals surface area contributed by atoms with Gasteiger partial charge in [-0.2, -0.15) is 4.39 Å². The number of benzene rings is 1. The Kier molecular flexibility index (Phi) is 5.83. The Morgan fingerprint density at radius 1 is 1.14 bits per heavy atom. The smallest absolute Gasteiger partial charge is 0.266 e. The van der Waals surface area contributed by atoms with E-state index in [0.29, 0.717) is 24.8 Å². The number of aryl methyl sites for hydroxylation is 1. The van der Waals surface area contributed by atoms with Crippen molar-refractivity contribution in [2.45, 2.75) is 63.1 Å². The number of anilines is 2. The number of likely N-dealkylation sites (tertiary alicyclic amines) is 1. The maximum Gasteiger partial charge on any atom is 0.266 e. The lowest BCUT2D eigenvalue weighted by Gasteiger charge is -2.58. The Labute approximate surface area is 204 Å². The van der Waals surface area contributed by atoms with Crippen molar-refractivity contribution in [3.63, 3.8) is 0 Å². The lowest BCUT2D eigenvalue weighted by atomic mass is 9.66. The quantitative estimate of drug-likeness (QED) is 0.600. The molecule has 1 aliphatic carbocycles. The van der Waals surface area contributed by atoms with Crippen LogP contribution in [0.1, 0.15) is 43.7 Å². The van der Waals surface area contributed by atoms with Crippen LogP contribution in [0.3, 0.4) is 0 Å². The molecule has 1 aromatic carbocycles. The van der Waals surface area contributed by atoms with Crippen molar-refractivity contribution in [3.05, 3.63) is 47.2 Å². The highest BCUT2D eigenvalue weighted by atomic mass is 32.2. The highest BCUT2D eigenvalue weighted by molar-refractivity contribution is 7.92. The van der Waals surface area contributed by atoms with Crippen molar-refractivity contribution in [2.24, 2.45) is 5.41 Å². The first-order chi connectivity index (χ1) is 16.4. The molecule has 2 aromatic rings. The van der Waals surface area contributed by atoms with Crippen LogP contribution in [0.2, 0.25) is 0 Å². The number of halogens is 3. The van der Waals surface area contributed by atoms with E-state index in [4.69, 9.17) is 0 Å². The Morgan fingerprint density at radius 2 is 1.86 bits per heavy atom. The molecule has 1 N–H and O–H groups in total. The van der Waals surface area contributed by atoms with Gasteiger partial charge in [-0.3, -0.25) is 9.62 Å². The van der Waals surface area contributed by atoms with E-state index in [9.17, 15) is 17.2 Å². The van der Waals surface area contributed by atoms with Crippen molar-refractivity contribution in [1.82, 2.24) is 9.88 Å². The minimum atomic E-state index is -4.30. The number of sulfonamides is 1. The van der Waals surface area contributed by atoms with Gasteiger partial charge in [-0.25, -0.2) is 22.2 Å². The summed E-state index contributed by atoms with van der Waals surface area (Å²) >= 11 is 0. The summed E-state index contributed by atoms with van der Waals surface area (Å²) in [6.07, 6.45) is 4.29. The second-order valence-electron chi connectivity index (χ2n) is 10.9. The van der Waals surface area contributed by atoms with Gasteiger partial charge >= 0.3 is 0 Å². The largest absolute Gasteiger partial charge is 0.370 e. The standard InChI is InChI=1S/C25H31F3N4O2S/c1-16-10-19(17(2)22(27)23(16)35(33,34)30-21-8-4-7-20(26)29-21)32-14-25(15-32)9-5-6-18(11-25)31-12-24(3,28)13-31/h4,7-8,10,18H,5-6,9,11-15H2,1-3H3,(H,29,30)/t18-/m0/s1. The summed E-state index contributed by atoms with van der Waals surface area (Å²) in [5.74, 6) is -1.86. The normalized spacial score (nSPS) is 23.6. The fourth-order valence-corrected chi connectivity index (χ4v) is 7.52. The minimum Gasteiger partial charge on any atom is -0.370 e. The SMILES string of the molecule is Cc1cc(N2CC3(CCC[C@H](N4CC(C)(F)C4)C3)C2)c(C)c(F)c1S(=O)(=O)Nc1cccc(F)n1. The van der Waals surface area contributed by atoms with Gasteiger partial charge in [0, 0.05) is 48.9 Å². The predicted molar refractivity (Wildman–Crippen MR) is 129 cm³/mol. The summed E-state index contributed by atoms with van der Waals surface area (Å²) in [5.41, 5.74) is 0.288. The van der Waals surface area contributed by atoms with Gasteiger partial charge in [0.25, 0.3) is 10.0 Å². The lowest BCUT2D eigenvalue weighted by Crippen LogP contribution is -2.65. The third-order valence-electron chi connectivity index (χ3n) is 7.74. The van der Waals surface area contributed by atoms with Crippen LogP contribution in [0.15, 0.2) is 29.2 Å². The monoisotopic (exact) mass is 508 g/mol. The maximum atomic E-state index is 15.5. The van der Waals surface area contributed by atoms with Gasteiger partial charge in [-0.1, -0.05) is 12.5 Å². The third-order valence-corrected chi connectivity index (χ3v) is 9.25. The number of pyridine rings is 1. The van der Waals surface area contributed by atoms with E-state index in [1.54, 1.807) is 26.8 Å². The number of aromatic nitrogens is 1. The summed E-state index contributed by atoms with van der Waals surface area (Å²) in [7, 11) is -4.30. The average Bonchev–Trinajstić information content (AvgIpc) is 2.72. The van der Waals surface area contributed by atoms with Gasteiger partial charge < -0.3 is 4.90 Å². The van der Waals surface area contributed by atoms with Gasteiger partial charge in [0.2, 0.25) is 5.95 Å². The van der Waals surface area contributed by atoms with Gasteiger partial charge in [-0.15, -0.1) is 0 Å². The number of hydrogen-bond donors (Lipinski definition) is 1. The lowest BCUT2D eigenvalue weighted by molar-refractivity contribution is -0.0708. The molecule has 3 aliphatic rings.